The number of aryl methyl sites for hydroxylation is 1. The third-order valence-electron chi connectivity index (χ3n) is 21.4. The lowest BCUT2D eigenvalue weighted by Gasteiger charge is -2.48. The van der Waals surface area contributed by atoms with E-state index in [0.717, 1.165) is 49.8 Å². The number of anilines is 6. The van der Waals surface area contributed by atoms with Crippen molar-refractivity contribution in [2.24, 2.45) is 5.92 Å². The largest absolute Gasteiger partial charge is 0.468 e. The molecule has 5 aliphatic carbocycles. The van der Waals surface area contributed by atoms with Crippen LogP contribution in [0.15, 0.2) is 126 Å². The molecule has 0 radical (unpaired) electrons. The molecule has 7 aliphatic rings. The maximum Gasteiger partial charge on any atom is 0.297 e. The Morgan fingerprint density at radius 1 is 0.532 bits per heavy atom. The maximum atomic E-state index is 7.81. The summed E-state index contributed by atoms with van der Waals surface area (Å²) in [4.78, 5) is 5.43. The molecule has 0 saturated heterocycles. The monoisotopic (exact) mass is 1040 g/mol. The summed E-state index contributed by atoms with van der Waals surface area (Å²) in [6, 6.07) is 39.4. The third kappa shape index (κ3) is 7.43. The van der Waals surface area contributed by atoms with Crippen molar-refractivity contribution in [1.82, 2.24) is 0 Å². The summed E-state index contributed by atoms with van der Waals surface area (Å²) >= 11 is 0. The van der Waals surface area contributed by atoms with E-state index < -0.39 is 0 Å². The number of hydrogen-bond donors (Lipinski definition) is 0. The summed E-state index contributed by atoms with van der Waals surface area (Å²) in [5.41, 5.74) is 29.2. The molecule has 2 aliphatic heterocycles. The molecule has 7 aromatic rings. The molecule has 0 amide bonds. The molecule has 14 rings (SSSR count). The van der Waals surface area contributed by atoms with Crippen molar-refractivity contribution < 1.29 is 4.42 Å². The van der Waals surface area contributed by atoms with Gasteiger partial charge in [0.15, 0.2) is 0 Å². The zero-order valence-electron chi connectivity index (χ0n) is 50.4. The van der Waals surface area contributed by atoms with Crippen molar-refractivity contribution in [3.63, 3.8) is 0 Å². The van der Waals surface area contributed by atoms with Gasteiger partial charge < -0.3 is 14.2 Å². The molecule has 3 heterocycles. The summed E-state index contributed by atoms with van der Waals surface area (Å²) < 4.78 is 7.81. The Morgan fingerprint density at radius 2 is 1.06 bits per heavy atom. The number of allylic oxidation sites excluding steroid dienone is 5. The highest BCUT2D eigenvalue weighted by atomic mass is 16.3. The third-order valence-corrected chi connectivity index (χ3v) is 21.4. The molecule has 1 aromatic heterocycles. The minimum absolute atomic E-state index is 0.00461. The van der Waals surface area contributed by atoms with Crippen LogP contribution < -0.4 is 26.4 Å². The average Bonchev–Trinajstić information content (AvgIpc) is 2.76. The standard InChI is InChI=1S/C75H83BN2O/c1-44-36-63-66-64(37-44)78(61-41-57-54(70(5,6)30-33-73(57,11)12)38-52(61)50-23-19-22-49-48-21-18-17-20-45(48)24-29-51(49)50)62-42-58-56(72(9,10)32-34-74(58,13)14)40-60(62)76(66)68-67(77(63)47-27-25-46(26-28-47)69(2,3)4)53-39-55-59(43-65(53)79-68)75(15,16)35-31-71(55,7)8/h17-29,36-43,50-51H,30-35H2,1-16H3. The first-order valence-corrected chi connectivity index (χ1v) is 30.2. The van der Waals surface area contributed by atoms with Gasteiger partial charge in [-0.05, 0) is 210 Å². The smallest absolute Gasteiger partial charge is 0.297 e. The van der Waals surface area contributed by atoms with Gasteiger partial charge in [-0.15, -0.1) is 0 Å². The fourth-order valence-electron chi connectivity index (χ4n) is 16.1. The van der Waals surface area contributed by atoms with Crippen LogP contribution in [0.4, 0.5) is 34.1 Å². The van der Waals surface area contributed by atoms with Gasteiger partial charge in [0.1, 0.15) is 5.58 Å². The van der Waals surface area contributed by atoms with Crippen LogP contribution >= 0.6 is 0 Å². The highest BCUT2D eigenvalue weighted by Crippen LogP contribution is 2.58. The van der Waals surface area contributed by atoms with Crippen molar-refractivity contribution >= 4 is 80.0 Å². The number of furan rings is 1. The summed E-state index contributed by atoms with van der Waals surface area (Å²) in [7, 11) is 0. The number of fused-ring (bicyclic) bond motifs is 12. The SMILES string of the molecule is Cc1cc2c3c(c1)N(c1ccc(C(C)(C)C)cc1)c1c(oc4cc5c(cc14)C(C)(C)CCC5(C)C)B3c1cc3c(cc1N2c1cc2c(cc1C1C=CC=C4c5ccccc5C=CC41)C(C)(C)CCC2(C)C)C(C)(C)CCC3(C)C. The lowest BCUT2D eigenvalue weighted by atomic mass is 9.35. The number of rotatable bonds is 3. The van der Waals surface area contributed by atoms with Crippen LogP contribution in [0.5, 0.6) is 0 Å². The van der Waals surface area contributed by atoms with Crippen molar-refractivity contribution in [3.8, 4) is 0 Å². The maximum absolute atomic E-state index is 7.81. The highest BCUT2D eigenvalue weighted by Gasteiger charge is 2.51. The van der Waals surface area contributed by atoms with Crippen molar-refractivity contribution in [1.29, 1.82) is 0 Å². The van der Waals surface area contributed by atoms with Gasteiger partial charge in [0.05, 0.1) is 17.0 Å². The summed E-state index contributed by atoms with van der Waals surface area (Å²) in [6.07, 6.45) is 19.1. The second-order valence-corrected chi connectivity index (χ2v) is 30.5. The molecule has 3 nitrogen and oxygen atoms in total. The zero-order chi connectivity index (χ0) is 55.5. The predicted molar refractivity (Wildman–Crippen MR) is 338 cm³/mol. The van der Waals surface area contributed by atoms with Gasteiger partial charge >= 0.3 is 0 Å². The van der Waals surface area contributed by atoms with Crippen molar-refractivity contribution in [2.45, 2.75) is 193 Å². The van der Waals surface area contributed by atoms with Gasteiger partial charge in [-0.25, -0.2) is 0 Å². The van der Waals surface area contributed by atoms with E-state index in [-0.39, 0.29) is 56.5 Å². The topological polar surface area (TPSA) is 19.6 Å². The number of benzene rings is 6. The van der Waals surface area contributed by atoms with Crippen molar-refractivity contribution in [3.05, 3.63) is 183 Å². The van der Waals surface area contributed by atoms with Crippen LogP contribution in [0, 0.1) is 12.8 Å². The Hall–Kier alpha value is -6.26. The van der Waals surface area contributed by atoms with Gasteiger partial charge in [-0.3, -0.25) is 0 Å². The second-order valence-electron chi connectivity index (χ2n) is 30.5. The number of nitrogens with zero attached hydrogens (tertiary/aromatic N) is 2. The van der Waals surface area contributed by atoms with Crippen LogP contribution in [0.25, 0.3) is 22.6 Å². The van der Waals surface area contributed by atoms with Gasteiger partial charge in [0, 0.05) is 40.0 Å². The molecule has 402 valence electrons. The second kappa shape index (κ2) is 16.4. The van der Waals surface area contributed by atoms with E-state index in [1.54, 1.807) is 0 Å². The van der Waals surface area contributed by atoms with Gasteiger partial charge in [0.25, 0.3) is 6.71 Å². The van der Waals surface area contributed by atoms with E-state index in [2.05, 4.69) is 248 Å². The Labute approximate surface area is 473 Å². The Kier molecular flexibility index (Phi) is 10.6. The first kappa shape index (κ1) is 50.9. The van der Waals surface area contributed by atoms with Crippen LogP contribution in [0.2, 0.25) is 0 Å². The van der Waals surface area contributed by atoms with Crippen LogP contribution in [-0.4, -0.2) is 6.71 Å². The average molecular weight is 1040 g/mol. The minimum atomic E-state index is -0.146. The molecule has 4 heteroatoms. The minimum Gasteiger partial charge on any atom is -0.468 e. The Bertz CT molecular complexity index is 3870. The van der Waals surface area contributed by atoms with Crippen LogP contribution in [-0.2, 0) is 37.9 Å². The molecule has 6 aromatic carbocycles. The molecule has 2 atom stereocenters. The lowest BCUT2D eigenvalue weighted by molar-refractivity contribution is 0.331. The van der Waals surface area contributed by atoms with Crippen LogP contribution in [0.1, 0.15) is 209 Å². The Morgan fingerprint density at radius 3 is 1.67 bits per heavy atom. The van der Waals surface area contributed by atoms with E-state index in [9.17, 15) is 0 Å². The quantitative estimate of drug-likeness (QED) is 0.164. The predicted octanol–water partition coefficient (Wildman–Crippen LogP) is 18.5. The molecule has 79 heavy (non-hydrogen) atoms. The van der Waals surface area contributed by atoms with E-state index in [1.807, 2.05) is 0 Å². The van der Waals surface area contributed by atoms with E-state index in [1.165, 1.54) is 117 Å². The molecule has 0 N–H and O–H groups in total. The first-order valence-electron chi connectivity index (χ1n) is 30.2. The number of hydrogen-bond acceptors (Lipinski definition) is 3. The summed E-state index contributed by atoms with van der Waals surface area (Å²) in [5.74, 6) is 0.299. The highest BCUT2D eigenvalue weighted by molar-refractivity contribution is 7.00. The molecule has 0 saturated carbocycles. The summed E-state index contributed by atoms with van der Waals surface area (Å²) in [5, 5.41) is 1.22. The van der Waals surface area contributed by atoms with Gasteiger partial charge in [-0.2, -0.15) is 0 Å². The van der Waals surface area contributed by atoms with Crippen molar-refractivity contribution in [2.75, 3.05) is 9.80 Å². The van der Waals surface area contributed by atoms with E-state index in [4.69, 9.17) is 4.42 Å². The molecule has 0 spiro atoms. The molecular formula is C75H83BN2O. The molecule has 2 unspecified atom stereocenters. The normalized spacial score (nSPS) is 22.6. The fourth-order valence-corrected chi connectivity index (χ4v) is 16.1. The lowest BCUT2D eigenvalue weighted by Crippen LogP contribution is -2.61. The zero-order valence-corrected chi connectivity index (χ0v) is 50.4. The fraction of sp³-hybridized carbons (Fsp3) is 0.413. The van der Waals surface area contributed by atoms with Crippen LogP contribution in [0.3, 0.4) is 0 Å². The Balaban J connectivity index is 1.11. The van der Waals surface area contributed by atoms with Gasteiger partial charge in [-0.1, -0.05) is 183 Å². The molecule has 0 bridgehead atoms. The molecular weight excluding hydrogens is 956 g/mol. The molecule has 0 fully saturated rings. The first-order chi connectivity index (χ1) is 37.2. The summed E-state index contributed by atoms with van der Waals surface area (Å²) in [6.45, 7) is 39.0. The van der Waals surface area contributed by atoms with E-state index in [0.29, 0.717) is 0 Å². The van der Waals surface area contributed by atoms with Gasteiger partial charge in [0.2, 0.25) is 0 Å². The van der Waals surface area contributed by atoms with E-state index >= 15 is 0 Å².